The molecule has 0 fully saturated rings. The minimum Gasteiger partial charge on any atom is -0.495 e. The van der Waals surface area contributed by atoms with Gasteiger partial charge in [-0.3, -0.25) is 14.2 Å². The minimum atomic E-state index is -4.61. The Morgan fingerprint density at radius 3 is 2.35 bits per heavy atom. The van der Waals surface area contributed by atoms with Crippen LogP contribution < -0.4 is 20.3 Å². The molecular formula is C30H34ClF3N2O7. The van der Waals surface area contributed by atoms with Crippen molar-refractivity contribution in [2.45, 2.75) is 51.9 Å². The van der Waals surface area contributed by atoms with Crippen LogP contribution in [0.4, 0.5) is 13.2 Å². The lowest BCUT2D eigenvalue weighted by Crippen LogP contribution is -2.37. The zero-order valence-corrected chi connectivity index (χ0v) is 25.1. The van der Waals surface area contributed by atoms with Gasteiger partial charge in [-0.1, -0.05) is 24.3 Å². The first kappa shape index (κ1) is 35.2. The predicted octanol–water partition coefficient (Wildman–Crippen LogP) is 6.08. The summed E-state index contributed by atoms with van der Waals surface area (Å²) in [5, 5.41) is 11.9. The standard InChI is InChI=1S/C30H34ClF3N2O7/c1-7-20(10-8-18(2)28(39)40)35-27(38)23(12-13-43-29(3,4)5)36-16-25(41-6)22(15-26(36)37)21-14-19(31)9-11-24(21)42-17-30(32,33)34/h7-11,14-16,23H,1,12-13,17H2,2-6H3,(H,35,38)(H,39,40)/b18-8+,20-10+. The number of carboxylic acids is 1. The molecule has 2 rings (SSSR count). The Balaban J connectivity index is 2.61. The van der Waals surface area contributed by atoms with Crippen LogP contribution in [0, 0.1) is 0 Å². The van der Waals surface area contributed by atoms with E-state index in [1.54, 1.807) is 0 Å². The summed E-state index contributed by atoms with van der Waals surface area (Å²) in [5.41, 5.74) is -0.867. The Bertz CT molecular complexity index is 1460. The predicted molar refractivity (Wildman–Crippen MR) is 156 cm³/mol. The summed E-state index contributed by atoms with van der Waals surface area (Å²) in [6, 6.07) is 3.89. The average molecular weight is 627 g/mol. The molecular weight excluding hydrogens is 593 g/mol. The number of rotatable bonds is 13. The molecule has 0 saturated heterocycles. The fourth-order valence-electron chi connectivity index (χ4n) is 3.69. The first-order chi connectivity index (χ1) is 20.0. The number of alkyl halides is 3. The van der Waals surface area contributed by atoms with E-state index in [1.807, 2.05) is 20.8 Å². The molecule has 0 radical (unpaired) electrons. The first-order valence-corrected chi connectivity index (χ1v) is 13.3. The average Bonchev–Trinajstić information content (AvgIpc) is 2.91. The number of nitrogens with one attached hydrogen (secondary N) is 1. The number of ether oxygens (including phenoxy) is 3. The number of carboxylic acid groups (broad SMARTS) is 1. The third kappa shape index (κ3) is 11.0. The Morgan fingerprint density at radius 1 is 1.14 bits per heavy atom. The van der Waals surface area contributed by atoms with Gasteiger partial charge in [0.05, 0.1) is 18.9 Å². The van der Waals surface area contributed by atoms with Crippen molar-refractivity contribution >= 4 is 23.5 Å². The number of benzene rings is 1. The van der Waals surface area contributed by atoms with E-state index in [1.165, 1.54) is 56.7 Å². The quantitative estimate of drug-likeness (QED) is 0.204. The number of aromatic nitrogens is 1. The molecule has 234 valence electrons. The monoisotopic (exact) mass is 626 g/mol. The van der Waals surface area contributed by atoms with E-state index in [2.05, 4.69) is 11.9 Å². The Kier molecular flexibility index (Phi) is 12.2. The lowest BCUT2D eigenvalue weighted by Gasteiger charge is -2.24. The van der Waals surface area contributed by atoms with Crippen molar-refractivity contribution < 1.29 is 42.1 Å². The number of nitrogens with zero attached hydrogens (tertiary/aromatic N) is 1. The van der Waals surface area contributed by atoms with Crippen LogP contribution in [0.1, 0.15) is 40.2 Å². The number of allylic oxidation sites excluding steroid dienone is 3. The fourth-order valence-corrected chi connectivity index (χ4v) is 3.86. The molecule has 0 bridgehead atoms. The molecule has 0 aliphatic heterocycles. The molecule has 1 heterocycles. The van der Waals surface area contributed by atoms with Crippen LogP contribution >= 0.6 is 11.6 Å². The number of methoxy groups -OCH3 is 1. The number of amides is 1. The van der Waals surface area contributed by atoms with Gasteiger partial charge in [-0.2, -0.15) is 13.2 Å². The zero-order chi connectivity index (χ0) is 32.5. The van der Waals surface area contributed by atoms with Crippen molar-refractivity contribution in [2.24, 2.45) is 0 Å². The van der Waals surface area contributed by atoms with Gasteiger partial charge in [-0.25, -0.2) is 4.79 Å². The van der Waals surface area contributed by atoms with Gasteiger partial charge in [0, 0.05) is 46.5 Å². The van der Waals surface area contributed by atoms with Crippen LogP contribution in [-0.4, -0.2) is 53.7 Å². The Labute approximate surface area is 252 Å². The summed E-state index contributed by atoms with van der Waals surface area (Å²) in [6.07, 6.45) is 0.632. The molecule has 43 heavy (non-hydrogen) atoms. The number of hydrogen-bond donors (Lipinski definition) is 2. The van der Waals surface area contributed by atoms with Crippen molar-refractivity contribution in [3.63, 3.8) is 0 Å². The summed E-state index contributed by atoms with van der Waals surface area (Å²) in [4.78, 5) is 38.1. The molecule has 1 aromatic carbocycles. The number of carbonyl (C=O) groups excluding carboxylic acids is 1. The van der Waals surface area contributed by atoms with Crippen LogP contribution in [0.3, 0.4) is 0 Å². The molecule has 9 nitrogen and oxygen atoms in total. The number of aliphatic carboxylic acids is 1. The van der Waals surface area contributed by atoms with Gasteiger partial charge in [0.25, 0.3) is 5.56 Å². The maximum Gasteiger partial charge on any atom is 0.422 e. The lowest BCUT2D eigenvalue weighted by molar-refractivity contribution is -0.153. The molecule has 2 aromatic rings. The molecule has 1 aromatic heterocycles. The van der Waals surface area contributed by atoms with Gasteiger partial charge in [0.15, 0.2) is 6.61 Å². The maximum absolute atomic E-state index is 13.5. The zero-order valence-electron chi connectivity index (χ0n) is 24.4. The van der Waals surface area contributed by atoms with Crippen molar-refractivity contribution in [1.82, 2.24) is 9.88 Å². The van der Waals surface area contributed by atoms with E-state index >= 15 is 0 Å². The summed E-state index contributed by atoms with van der Waals surface area (Å²) in [5.74, 6) is -1.92. The third-order valence-corrected chi connectivity index (χ3v) is 6.02. The van der Waals surface area contributed by atoms with E-state index in [9.17, 15) is 27.6 Å². The van der Waals surface area contributed by atoms with Crippen LogP contribution in [0.2, 0.25) is 5.02 Å². The molecule has 0 aliphatic rings. The molecule has 0 saturated carbocycles. The van der Waals surface area contributed by atoms with Gasteiger partial charge >= 0.3 is 12.1 Å². The van der Waals surface area contributed by atoms with Crippen LogP contribution in [0.25, 0.3) is 11.1 Å². The van der Waals surface area contributed by atoms with Gasteiger partial charge in [0.1, 0.15) is 17.5 Å². The molecule has 1 atom stereocenters. The fraction of sp³-hybridized carbons (Fsp3) is 0.367. The van der Waals surface area contributed by atoms with Crippen LogP contribution in [-0.2, 0) is 14.3 Å². The lowest BCUT2D eigenvalue weighted by atomic mass is 10.0. The topological polar surface area (TPSA) is 116 Å². The molecule has 0 spiro atoms. The first-order valence-electron chi connectivity index (χ1n) is 12.9. The van der Waals surface area contributed by atoms with Crippen molar-refractivity contribution in [3.8, 4) is 22.6 Å². The number of pyridine rings is 1. The van der Waals surface area contributed by atoms with E-state index in [4.69, 9.17) is 30.9 Å². The third-order valence-electron chi connectivity index (χ3n) is 5.79. The van der Waals surface area contributed by atoms with Crippen LogP contribution in [0.15, 0.2) is 71.3 Å². The van der Waals surface area contributed by atoms with Gasteiger partial charge < -0.3 is 24.6 Å². The van der Waals surface area contributed by atoms with E-state index in [0.717, 1.165) is 10.6 Å². The van der Waals surface area contributed by atoms with Gasteiger partial charge in [-0.05, 0) is 58.0 Å². The van der Waals surface area contributed by atoms with E-state index in [-0.39, 0.29) is 51.9 Å². The van der Waals surface area contributed by atoms with E-state index < -0.39 is 41.9 Å². The summed E-state index contributed by atoms with van der Waals surface area (Å²) in [7, 11) is 1.29. The highest BCUT2D eigenvalue weighted by Crippen LogP contribution is 2.38. The summed E-state index contributed by atoms with van der Waals surface area (Å²) >= 11 is 6.12. The Morgan fingerprint density at radius 2 is 1.79 bits per heavy atom. The highest BCUT2D eigenvalue weighted by atomic mass is 35.5. The highest BCUT2D eigenvalue weighted by Gasteiger charge is 2.30. The van der Waals surface area contributed by atoms with Crippen molar-refractivity contribution in [3.05, 3.63) is 81.9 Å². The van der Waals surface area contributed by atoms with Crippen molar-refractivity contribution in [1.29, 1.82) is 0 Å². The second-order valence-electron chi connectivity index (χ2n) is 10.3. The smallest absolute Gasteiger partial charge is 0.422 e. The van der Waals surface area contributed by atoms with E-state index in [0.29, 0.717) is 0 Å². The highest BCUT2D eigenvalue weighted by molar-refractivity contribution is 6.31. The minimum absolute atomic E-state index is 0.0138. The molecule has 1 unspecified atom stereocenters. The summed E-state index contributed by atoms with van der Waals surface area (Å²) < 4.78 is 56.0. The second-order valence-corrected chi connectivity index (χ2v) is 10.7. The number of hydrogen-bond acceptors (Lipinski definition) is 6. The largest absolute Gasteiger partial charge is 0.495 e. The Hall–Kier alpha value is -4.03. The van der Waals surface area contributed by atoms with Crippen molar-refractivity contribution in [2.75, 3.05) is 20.3 Å². The van der Waals surface area contributed by atoms with Crippen LogP contribution in [0.5, 0.6) is 11.5 Å². The van der Waals surface area contributed by atoms with Gasteiger partial charge in [0.2, 0.25) is 5.91 Å². The molecule has 1 amide bonds. The molecule has 0 aliphatic carbocycles. The summed E-state index contributed by atoms with van der Waals surface area (Å²) in [6.45, 7) is 8.99. The normalized spacial score (nSPS) is 13.3. The molecule has 13 heteroatoms. The SMILES string of the molecule is C=C/C(=C\C=C(/C)C(=O)O)NC(=O)C(CCOC(C)(C)C)n1cc(OC)c(-c2cc(Cl)ccc2OCC(F)(F)F)cc1=O. The number of carbonyl (C=O) groups is 2. The van der Waals surface area contributed by atoms with Gasteiger partial charge in [-0.15, -0.1) is 0 Å². The maximum atomic E-state index is 13.5. The second kappa shape index (κ2) is 14.9. The molecule has 2 N–H and O–H groups in total. The number of halogens is 4.